The molecule has 6 fully saturated rings. The molecule has 0 aromatic rings. The molecule has 6 heterocycles. The highest BCUT2D eigenvalue weighted by Gasteiger charge is 2.45. The first-order valence-electron chi connectivity index (χ1n) is 18.2. The van der Waals surface area contributed by atoms with E-state index >= 15 is 0 Å². The first-order valence-corrected chi connectivity index (χ1v) is 18.2. The number of carbonyl (C=O) groups excluding carboxylic acids is 4. The molecule has 0 aliphatic carbocycles. The minimum atomic E-state index is -1.15. The van der Waals surface area contributed by atoms with Crippen LogP contribution in [0, 0.1) is 0 Å². The van der Waals surface area contributed by atoms with Crippen LogP contribution in [0.1, 0.15) is 103 Å². The summed E-state index contributed by atoms with van der Waals surface area (Å²) < 4.78 is 5.40. The Bertz CT molecular complexity index is 1120. The van der Waals surface area contributed by atoms with Crippen molar-refractivity contribution in [1.29, 1.82) is 0 Å². The monoisotopic (exact) mass is 644 g/mol. The molecule has 2 N–H and O–H groups in total. The number of hydrogen-bond donors (Lipinski definition) is 2. The fourth-order valence-corrected chi connectivity index (χ4v) is 8.91. The Kier molecular flexibility index (Phi) is 10.9. The van der Waals surface area contributed by atoms with Gasteiger partial charge in [-0.05, 0) is 71.1 Å². The molecule has 0 aromatic carbocycles. The van der Waals surface area contributed by atoms with Crippen LogP contribution in [0.4, 0.5) is 0 Å². The molecule has 4 amide bonds. The van der Waals surface area contributed by atoms with E-state index in [1.807, 2.05) is 19.6 Å². The lowest BCUT2D eigenvalue weighted by Gasteiger charge is -2.44. The summed E-state index contributed by atoms with van der Waals surface area (Å²) in [6.45, 7) is 7.87. The third-order valence-electron chi connectivity index (χ3n) is 11.5. The SMILES string of the molecule is CC(CC(CC(CC(CCN1CCCC1=O)N1CCCC1(O)NCCC1CO1)N1CCCC1=O)N1CCCC1=O)N1CCCC1=O. The van der Waals surface area contributed by atoms with Crippen molar-refractivity contribution in [1.82, 2.24) is 29.8 Å². The molecule has 46 heavy (non-hydrogen) atoms. The van der Waals surface area contributed by atoms with Crippen LogP contribution in [0.5, 0.6) is 0 Å². The average molecular weight is 645 g/mol. The van der Waals surface area contributed by atoms with Crippen molar-refractivity contribution in [3.05, 3.63) is 0 Å². The third-order valence-corrected chi connectivity index (χ3v) is 11.5. The van der Waals surface area contributed by atoms with E-state index in [1.54, 1.807) is 0 Å². The van der Waals surface area contributed by atoms with Gasteiger partial charge in [-0.15, -0.1) is 0 Å². The standard InChI is InChI=1S/C34H56N6O6/c1-25(37-16-3-8-31(37)42)21-27(38-17-4-9-32(38)43)23-28(39-18-5-10-33(39)44)22-26(12-20-36-15-2-7-30(36)41)40-19-6-13-34(40,45)35-14-11-29-24-46-29/h25-29,35,45H,2-24H2,1H3. The van der Waals surface area contributed by atoms with Crippen LogP contribution in [0.25, 0.3) is 0 Å². The van der Waals surface area contributed by atoms with Crippen molar-refractivity contribution >= 4 is 23.6 Å². The summed E-state index contributed by atoms with van der Waals surface area (Å²) in [7, 11) is 0. The van der Waals surface area contributed by atoms with E-state index in [2.05, 4.69) is 17.1 Å². The predicted molar refractivity (Wildman–Crippen MR) is 171 cm³/mol. The third kappa shape index (κ3) is 7.88. The van der Waals surface area contributed by atoms with Crippen molar-refractivity contribution in [3.8, 4) is 0 Å². The summed E-state index contributed by atoms with van der Waals surface area (Å²) in [6.07, 6.45) is 11.0. The molecule has 0 spiro atoms. The normalized spacial score (nSPS) is 29.9. The average Bonchev–Trinajstić information content (AvgIpc) is 3.50. The number of aliphatic hydroxyl groups is 1. The van der Waals surface area contributed by atoms with Gasteiger partial charge in [0.05, 0.1) is 12.7 Å². The molecule has 6 saturated heterocycles. The van der Waals surface area contributed by atoms with E-state index in [-0.39, 0.29) is 53.9 Å². The molecule has 258 valence electrons. The molecule has 6 aliphatic rings. The topological polar surface area (TPSA) is 129 Å². The smallest absolute Gasteiger partial charge is 0.222 e. The molecule has 0 radical (unpaired) electrons. The van der Waals surface area contributed by atoms with Gasteiger partial charge in [0, 0.05) is 102 Å². The van der Waals surface area contributed by atoms with Gasteiger partial charge < -0.3 is 29.4 Å². The predicted octanol–water partition coefficient (Wildman–Crippen LogP) is 1.65. The number of ether oxygens (including phenoxy) is 1. The van der Waals surface area contributed by atoms with E-state index in [0.717, 1.165) is 64.8 Å². The highest BCUT2D eigenvalue weighted by Crippen LogP contribution is 2.34. The van der Waals surface area contributed by atoms with Gasteiger partial charge in [0.2, 0.25) is 23.6 Å². The van der Waals surface area contributed by atoms with Gasteiger partial charge in [-0.1, -0.05) is 0 Å². The fourth-order valence-electron chi connectivity index (χ4n) is 8.91. The molecular weight excluding hydrogens is 588 g/mol. The number of likely N-dealkylation sites (tertiary alicyclic amines) is 5. The first kappa shape index (κ1) is 33.6. The van der Waals surface area contributed by atoms with Gasteiger partial charge in [-0.25, -0.2) is 0 Å². The summed E-state index contributed by atoms with van der Waals surface area (Å²) >= 11 is 0. The summed E-state index contributed by atoms with van der Waals surface area (Å²) in [5.41, 5.74) is 0. The van der Waals surface area contributed by atoms with Crippen LogP contribution >= 0.6 is 0 Å². The molecule has 0 saturated carbocycles. The zero-order valence-electron chi connectivity index (χ0n) is 27.9. The second-order valence-electron chi connectivity index (χ2n) is 14.6. The Labute approximate surface area is 274 Å². The van der Waals surface area contributed by atoms with Crippen LogP contribution in [-0.2, 0) is 23.9 Å². The zero-order valence-corrected chi connectivity index (χ0v) is 27.9. The number of rotatable bonds is 17. The highest BCUT2D eigenvalue weighted by atomic mass is 16.6. The summed E-state index contributed by atoms with van der Waals surface area (Å²) in [5, 5.41) is 15.5. The van der Waals surface area contributed by atoms with Crippen molar-refractivity contribution in [3.63, 3.8) is 0 Å². The van der Waals surface area contributed by atoms with Gasteiger partial charge in [0.15, 0.2) is 5.85 Å². The van der Waals surface area contributed by atoms with E-state index in [0.29, 0.717) is 84.0 Å². The minimum absolute atomic E-state index is 0.0172. The Balaban J connectivity index is 1.24. The first-order chi connectivity index (χ1) is 22.2. The molecule has 0 aromatic heterocycles. The molecule has 6 atom stereocenters. The number of carbonyl (C=O) groups is 4. The van der Waals surface area contributed by atoms with Gasteiger partial charge in [0.1, 0.15) is 0 Å². The summed E-state index contributed by atoms with van der Waals surface area (Å²) in [6, 6.07) is -0.231. The van der Waals surface area contributed by atoms with Crippen LogP contribution in [0.3, 0.4) is 0 Å². The second kappa shape index (κ2) is 14.9. The van der Waals surface area contributed by atoms with E-state index in [9.17, 15) is 24.3 Å². The number of nitrogens with one attached hydrogen (secondary N) is 1. The van der Waals surface area contributed by atoms with Crippen molar-refractivity contribution in [2.75, 3.05) is 52.4 Å². The summed E-state index contributed by atoms with van der Waals surface area (Å²) in [4.78, 5) is 62.0. The Hall–Kier alpha value is -2.28. The molecule has 12 heteroatoms. The van der Waals surface area contributed by atoms with Crippen LogP contribution in [0.15, 0.2) is 0 Å². The quantitative estimate of drug-likeness (QED) is 0.181. The van der Waals surface area contributed by atoms with Crippen LogP contribution in [-0.4, -0.2) is 142 Å². The van der Waals surface area contributed by atoms with E-state index < -0.39 is 5.85 Å². The second-order valence-corrected chi connectivity index (χ2v) is 14.6. The molecule has 6 aliphatic heterocycles. The maximum absolute atomic E-state index is 13.4. The Morgan fingerprint density at radius 2 is 1.33 bits per heavy atom. The van der Waals surface area contributed by atoms with Gasteiger partial charge in [-0.2, -0.15) is 0 Å². The number of amides is 4. The number of epoxide rings is 1. The lowest BCUT2D eigenvalue weighted by Crippen LogP contribution is -2.60. The Morgan fingerprint density at radius 3 is 1.89 bits per heavy atom. The van der Waals surface area contributed by atoms with Crippen molar-refractivity contribution in [2.24, 2.45) is 0 Å². The Morgan fingerprint density at radius 1 is 0.761 bits per heavy atom. The number of nitrogens with zero attached hydrogens (tertiary/aromatic N) is 5. The van der Waals surface area contributed by atoms with Gasteiger partial charge >= 0.3 is 0 Å². The lowest BCUT2D eigenvalue weighted by molar-refractivity contribution is -0.138. The molecular formula is C34H56N6O6. The van der Waals surface area contributed by atoms with E-state index in [1.165, 1.54) is 0 Å². The van der Waals surface area contributed by atoms with Gasteiger partial charge in [-0.3, -0.25) is 29.4 Å². The molecule has 6 rings (SSSR count). The van der Waals surface area contributed by atoms with Crippen molar-refractivity contribution in [2.45, 2.75) is 139 Å². The maximum atomic E-state index is 13.4. The van der Waals surface area contributed by atoms with Gasteiger partial charge in [0.25, 0.3) is 0 Å². The number of hydrogen-bond acceptors (Lipinski definition) is 8. The fraction of sp³-hybridized carbons (Fsp3) is 0.882. The molecule has 0 bridgehead atoms. The largest absolute Gasteiger partial charge is 0.373 e. The summed E-state index contributed by atoms with van der Waals surface area (Å²) in [5.74, 6) is -0.438. The highest BCUT2D eigenvalue weighted by molar-refractivity contribution is 5.80. The minimum Gasteiger partial charge on any atom is -0.373 e. The van der Waals surface area contributed by atoms with E-state index in [4.69, 9.17) is 4.74 Å². The van der Waals surface area contributed by atoms with Crippen LogP contribution < -0.4 is 5.32 Å². The molecule has 12 nitrogen and oxygen atoms in total. The van der Waals surface area contributed by atoms with Crippen molar-refractivity contribution < 1.29 is 29.0 Å². The van der Waals surface area contributed by atoms with Crippen LogP contribution in [0.2, 0.25) is 0 Å². The maximum Gasteiger partial charge on any atom is 0.222 e. The molecule has 6 unspecified atom stereocenters. The lowest BCUT2D eigenvalue weighted by atomic mass is 9.91. The zero-order chi connectivity index (χ0) is 32.3.